The number of nitrogens with one attached hydrogen (secondary N) is 2. The maximum Gasteiger partial charge on any atom is 0.176 e. The molecule has 0 amide bonds. The van der Waals surface area contributed by atoms with E-state index in [1.165, 1.54) is 12.1 Å². The molecule has 1 aliphatic carbocycles. The van der Waals surface area contributed by atoms with Gasteiger partial charge in [-0.25, -0.2) is 13.9 Å². The van der Waals surface area contributed by atoms with Crippen LogP contribution in [0.25, 0.3) is 5.52 Å². The summed E-state index contributed by atoms with van der Waals surface area (Å²) in [5.41, 5.74) is 8.70. The molecule has 0 radical (unpaired) electrons. The standard InChI is InChI=1S/C21H22FN7/c1-13-12-18(27-26-13)24-19-17-6-3-11-29(17)28-20(25-19)21(23,14-4-2-5-14)15-7-9-16(22)10-8-15/h3,6-12,14H,2,4-5,23H2,1H3,(H2,24,25,26,27,28). The molecule has 1 aliphatic rings. The second kappa shape index (κ2) is 6.66. The molecule has 8 heteroatoms. The zero-order chi connectivity index (χ0) is 20.0. The average Bonchev–Trinajstić information content (AvgIpc) is 3.29. The van der Waals surface area contributed by atoms with Crippen molar-refractivity contribution >= 4 is 17.2 Å². The number of nitrogens with zero attached hydrogens (tertiary/aromatic N) is 4. The van der Waals surface area contributed by atoms with Crippen molar-refractivity contribution in [2.75, 3.05) is 5.32 Å². The molecule has 7 nitrogen and oxygen atoms in total. The summed E-state index contributed by atoms with van der Waals surface area (Å²) in [6, 6.07) is 12.1. The summed E-state index contributed by atoms with van der Waals surface area (Å²) < 4.78 is 15.3. The summed E-state index contributed by atoms with van der Waals surface area (Å²) in [5, 5.41) is 15.2. The minimum absolute atomic E-state index is 0.196. The van der Waals surface area contributed by atoms with E-state index in [-0.39, 0.29) is 11.7 Å². The van der Waals surface area contributed by atoms with Crippen LogP contribution in [0.4, 0.5) is 16.0 Å². The lowest BCUT2D eigenvalue weighted by Gasteiger charge is -2.41. The number of rotatable bonds is 5. The lowest BCUT2D eigenvalue weighted by atomic mass is 9.67. The van der Waals surface area contributed by atoms with Crippen molar-refractivity contribution < 1.29 is 4.39 Å². The Kier molecular flexibility index (Phi) is 4.09. The third kappa shape index (κ3) is 2.96. The van der Waals surface area contributed by atoms with Gasteiger partial charge in [-0.2, -0.15) is 10.2 Å². The van der Waals surface area contributed by atoms with Crippen molar-refractivity contribution in [3.05, 3.63) is 71.6 Å². The number of hydrogen-bond donors (Lipinski definition) is 3. The Balaban J connectivity index is 1.66. The van der Waals surface area contributed by atoms with Gasteiger partial charge in [-0.05, 0) is 55.5 Å². The number of aromatic nitrogens is 5. The second-order valence-corrected chi connectivity index (χ2v) is 7.69. The zero-order valence-electron chi connectivity index (χ0n) is 16.1. The Labute approximate surface area is 167 Å². The number of H-pyrrole nitrogens is 1. The summed E-state index contributed by atoms with van der Waals surface area (Å²) in [4.78, 5) is 4.84. The second-order valence-electron chi connectivity index (χ2n) is 7.69. The number of anilines is 2. The molecular weight excluding hydrogens is 369 g/mol. The van der Waals surface area contributed by atoms with E-state index in [1.807, 2.05) is 31.3 Å². The maximum absolute atomic E-state index is 13.6. The van der Waals surface area contributed by atoms with Crippen LogP contribution in [0.3, 0.4) is 0 Å². The van der Waals surface area contributed by atoms with Crippen molar-refractivity contribution in [2.45, 2.75) is 31.7 Å². The quantitative estimate of drug-likeness (QED) is 0.483. The van der Waals surface area contributed by atoms with Crippen LogP contribution in [0, 0.1) is 18.7 Å². The van der Waals surface area contributed by atoms with E-state index in [9.17, 15) is 4.39 Å². The zero-order valence-corrected chi connectivity index (χ0v) is 16.1. The van der Waals surface area contributed by atoms with E-state index in [2.05, 4.69) is 15.5 Å². The first-order valence-corrected chi connectivity index (χ1v) is 9.74. The highest BCUT2D eigenvalue weighted by Crippen LogP contribution is 2.44. The van der Waals surface area contributed by atoms with Gasteiger partial charge >= 0.3 is 0 Å². The van der Waals surface area contributed by atoms with Crippen LogP contribution in [0.15, 0.2) is 48.7 Å². The van der Waals surface area contributed by atoms with E-state index in [0.29, 0.717) is 17.5 Å². The first-order valence-electron chi connectivity index (χ1n) is 9.74. The molecule has 0 saturated heterocycles. The first kappa shape index (κ1) is 17.8. The third-order valence-corrected chi connectivity index (χ3v) is 5.78. The lowest BCUT2D eigenvalue weighted by Crippen LogP contribution is -2.49. The van der Waals surface area contributed by atoms with Crippen LogP contribution in [-0.4, -0.2) is 24.8 Å². The number of nitrogens with two attached hydrogens (primary N) is 1. The van der Waals surface area contributed by atoms with Crippen molar-refractivity contribution in [3.8, 4) is 0 Å². The molecule has 3 aromatic heterocycles. The molecule has 4 N–H and O–H groups in total. The number of aromatic amines is 1. The third-order valence-electron chi connectivity index (χ3n) is 5.78. The number of fused-ring (bicyclic) bond motifs is 1. The van der Waals surface area contributed by atoms with Crippen molar-refractivity contribution in [1.82, 2.24) is 24.8 Å². The van der Waals surface area contributed by atoms with Crippen molar-refractivity contribution in [1.29, 1.82) is 0 Å². The van der Waals surface area contributed by atoms with E-state index in [4.69, 9.17) is 15.8 Å². The molecule has 29 heavy (non-hydrogen) atoms. The monoisotopic (exact) mass is 391 g/mol. The number of hydrogen-bond acceptors (Lipinski definition) is 5. The van der Waals surface area contributed by atoms with Gasteiger partial charge in [-0.15, -0.1) is 0 Å². The highest BCUT2D eigenvalue weighted by molar-refractivity contribution is 5.72. The molecular formula is C21H22FN7. The molecule has 148 valence electrons. The molecule has 1 atom stereocenters. The van der Waals surface area contributed by atoms with E-state index >= 15 is 0 Å². The molecule has 3 heterocycles. The van der Waals surface area contributed by atoms with Crippen LogP contribution < -0.4 is 11.1 Å². The summed E-state index contributed by atoms with van der Waals surface area (Å²) in [6.07, 6.45) is 4.96. The summed E-state index contributed by atoms with van der Waals surface area (Å²) in [5.74, 6) is 1.71. The lowest BCUT2D eigenvalue weighted by molar-refractivity contribution is 0.191. The molecule has 0 bridgehead atoms. The predicted molar refractivity (Wildman–Crippen MR) is 108 cm³/mol. The van der Waals surface area contributed by atoms with E-state index < -0.39 is 5.54 Å². The Hall–Kier alpha value is -3.26. The number of benzene rings is 1. The van der Waals surface area contributed by atoms with Gasteiger partial charge in [0.05, 0.1) is 0 Å². The topological polar surface area (TPSA) is 96.9 Å². The van der Waals surface area contributed by atoms with Crippen molar-refractivity contribution in [2.24, 2.45) is 11.7 Å². The fraction of sp³-hybridized carbons (Fsp3) is 0.286. The first-order chi connectivity index (χ1) is 14.0. The maximum atomic E-state index is 13.6. The van der Waals surface area contributed by atoms with E-state index in [0.717, 1.165) is 36.0 Å². The SMILES string of the molecule is Cc1cc(Nc2nc(C(N)(c3ccc(F)cc3)C3CCC3)nn3cccc23)n[nH]1. The number of halogens is 1. The predicted octanol–water partition coefficient (Wildman–Crippen LogP) is 3.65. The Morgan fingerprint density at radius 3 is 2.69 bits per heavy atom. The largest absolute Gasteiger partial charge is 0.322 e. The molecule has 0 spiro atoms. The van der Waals surface area contributed by atoms with Gasteiger partial charge in [0.15, 0.2) is 17.5 Å². The van der Waals surface area contributed by atoms with Crippen molar-refractivity contribution in [3.63, 3.8) is 0 Å². The van der Waals surface area contributed by atoms with E-state index in [1.54, 1.807) is 16.6 Å². The molecule has 1 aromatic carbocycles. The number of aryl methyl sites for hydroxylation is 1. The Bertz CT molecular complexity index is 1160. The van der Waals surface area contributed by atoms with Gasteiger partial charge in [0.2, 0.25) is 0 Å². The fourth-order valence-electron chi connectivity index (χ4n) is 3.94. The Morgan fingerprint density at radius 2 is 2.03 bits per heavy atom. The fourth-order valence-corrected chi connectivity index (χ4v) is 3.94. The van der Waals surface area contributed by atoms with Gasteiger partial charge in [-0.1, -0.05) is 18.6 Å². The van der Waals surface area contributed by atoms with Crippen LogP contribution in [0.2, 0.25) is 0 Å². The normalized spacial score (nSPS) is 16.5. The molecule has 5 rings (SSSR count). The highest BCUT2D eigenvalue weighted by atomic mass is 19.1. The summed E-state index contributed by atoms with van der Waals surface area (Å²) >= 11 is 0. The van der Waals surface area contributed by atoms with Crippen LogP contribution in [0.5, 0.6) is 0 Å². The minimum Gasteiger partial charge on any atom is -0.322 e. The highest BCUT2D eigenvalue weighted by Gasteiger charge is 2.44. The molecule has 1 saturated carbocycles. The smallest absolute Gasteiger partial charge is 0.176 e. The van der Waals surface area contributed by atoms with Crippen LogP contribution in [-0.2, 0) is 5.54 Å². The Morgan fingerprint density at radius 1 is 1.24 bits per heavy atom. The minimum atomic E-state index is -0.900. The molecule has 1 unspecified atom stereocenters. The average molecular weight is 391 g/mol. The molecule has 0 aliphatic heterocycles. The van der Waals surface area contributed by atoms with Gasteiger partial charge in [0.25, 0.3) is 0 Å². The van der Waals surface area contributed by atoms with Gasteiger partial charge in [-0.3, -0.25) is 5.10 Å². The molecule has 1 fully saturated rings. The van der Waals surface area contributed by atoms with Gasteiger partial charge in [0, 0.05) is 18.0 Å². The van der Waals surface area contributed by atoms with Gasteiger partial charge in [0.1, 0.15) is 16.9 Å². The summed E-state index contributed by atoms with van der Waals surface area (Å²) in [7, 11) is 0. The molecule has 4 aromatic rings. The van der Waals surface area contributed by atoms with Crippen LogP contribution in [0.1, 0.15) is 36.3 Å². The van der Waals surface area contributed by atoms with Crippen LogP contribution >= 0.6 is 0 Å². The van der Waals surface area contributed by atoms with Gasteiger partial charge < -0.3 is 11.1 Å². The summed E-state index contributed by atoms with van der Waals surface area (Å²) in [6.45, 7) is 1.94.